The Bertz CT molecular complexity index is 592. The molecule has 2 heteroatoms. The molecule has 1 amide bonds. The molecule has 1 atom stereocenters. The number of carbonyl (C=O) groups is 1. The van der Waals surface area contributed by atoms with Crippen molar-refractivity contribution in [1.29, 1.82) is 0 Å². The van der Waals surface area contributed by atoms with Crippen LogP contribution in [0.5, 0.6) is 0 Å². The second kappa shape index (κ2) is 8.38. The van der Waals surface area contributed by atoms with E-state index in [-0.39, 0.29) is 5.91 Å². The van der Waals surface area contributed by atoms with Crippen LogP contribution in [0.1, 0.15) is 50.2 Å². The van der Waals surface area contributed by atoms with E-state index in [0.29, 0.717) is 12.3 Å². The molecule has 0 saturated heterocycles. The Kier molecular flexibility index (Phi) is 6.20. The summed E-state index contributed by atoms with van der Waals surface area (Å²) < 4.78 is 0. The van der Waals surface area contributed by atoms with Crippen molar-refractivity contribution in [3.8, 4) is 0 Å². The van der Waals surface area contributed by atoms with Gasteiger partial charge >= 0.3 is 0 Å². The zero-order chi connectivity index (χ0) is 15.8. The van der Waals surface area contributed by atoms with Gasteiger partial charge in [-0.25, -0.2) is 0 Å². The minimum Gasteiger partial charge on any atom is -0.326 e. The van der Waals surface area contributed by atoms with E-state index in [1.807, 2.05) is 36.4 Å². The fraction of sp³-hybridized carbons (Fsp3) is 0.350. The summed E-state index contributed by atoms with van der Waals surface area (Å²) in [7, 11) is 0. The van der Waals surface area contributed by atoms with Crippen LogP contribution in [0.3, 0.4) is 0 Å². The molecule has 2 aromatic rings. The fourth-order valence-corrected chi connectivity index (χ4v) is 2.57. The molecule has 0 heterocycles. The van der Waals surface area contributed by atoms with Gasteiger partial charge in [0.15, 0.2) is 0 Å². The molecule has 22 heavy (non-hydrogen) atoms. The third kappa shape index (κ3) is 4.73. The minimum atomic E-state index is 0.103. The Morgan fingerprint density at radius 1 is 1.05 bits per heavy atom. The average molecular weight is 295 g/mol. The first-order chi connectivity index (χ1) is 10.7. The monoisotopic (exact) mass is 295 g/mol. The number of carbonyl (C=O) groups excluding carboxylic acids is 1. The number of hydrogen-bond acceptors (Lipinski definition) is 1. The quantitative estimate of drug-likeness (QED) is 0.751. The highest BCUT2D eigenvalue weighted by Gasteiger charge is 2.10. The summed E-state index contributed by atoms with van der Waals surface area (Å²) in [6.45, 7) is 4.36. The molecule has 0 spiro atoms. The second-order valence-corrected chi connectivity index (χ2v) is 5.78. The van der Waals surface area contributed by atoms with Crippen LogP contribution in [-0.2, 0) is 11.2 Å². The number of rotatable bonds is 7. The number of anilines is 1. The van der Waals surface area contributed by atoms with Crippen LogP contribution in [0.2, 0.25) is 0 Å². The van der Waals surface area contributed by atoms with E-state index >= 15 is 0 Å². The van der Waals surface area contributed by atoms with Gasteiger partial charge in [-0.1, -0.05) is 62.4 Å². The van der Waals surface area contributed by atoms with Crippen LogP contribution in [-0.4, -0.2) is 5.91 Å². The molecule has 1 unspecified atom stereocenters. The predicted octanol–water partition coefficient (Wildman–Crippen LogP) is 5.16. The SMILES string of the molecule is CCC(C)c1ccccc1NC(=O)CCCc1ccccc1. The maximum atomic E-state index is 12.2. The molecule has 0 aromatic heterocycles. The van der Waals surface area contributed by atoms with Gasteiger partial charge in [0.25, 0.3) is 0 Å². The standard InChI is InChI=1S/C20H25NO/c1-3-16(2)18-13-7-8-14-19(18)21-20(22)15-9-12-17-10-5-4-6-11-17/h4-8,10-11,13-14,16H,3,9,12,15H2,1-2H3,(H,21,22). The first-order valence-corrected chi connectivity index (χ1v) is 8.13. The number of nitrogens with one attached hydrogen (secondary N) is 1. The summed E-state index contributed by atoms with van der Waals surface area (Å²) in [5.41, 5.74) is 3.47. The second-order valence-electron chi connectivity index (χ2n) is 5.78. The maximum Gasteiger partial charge on any atom is 0.224 e. The van der Waals surface area contributed by atoms with Crippen LogP contribution >= 0.6 is 0 Å². The predicted molar refractivity (Wildman–Crippen MR) is 93.2 cm³/mol. The van der Waals surface area contributed by atoms with Crippen LogP contribution in [0.15, 0.2) is 54.6 Å². The van der Waals surface area contributed by atoms with Gasteiger partial charge in [0.05, 0.1) is 0 Å². The Balaban J connectivity index is 1.87. The first-order valence-electron chi connectivity index (χ1n) is 8.13. The third-order valence-corrected chi connectivity index (χ3v) is 4.09. The van der Waals surface area contributed by atoms with E-state index in [2.05, 4.69) is 37.4 Å². The van der Waals surface area contributed by atoms with Gasteiger partial charge in [-0.3, -0.25) is 4.79 Å². The van der Waals surface area contributed by atoms with Gasteiger partial charge in [0, 0.05) is 12.1 Å². The van der Waals surface area contributed by atoms with Crippen molar-refractivity contribution >= 4 is 11.6 Å². The maximum absolute atomic E-state index is 12.2. The van der Waals surface area contributed by atoms with Crippen LogP contribution in [0.25, 0.3) is 0 Å². The Morgan fingerprint density at radius 3 is 2.45 bits per heavy atom. The molecule has 0 bridgehead atoms. The lowest BCUT2D eigenvalue weighted by Gasteiger charge is -2.15. The molecule has 2 nitrogen and oxygen atoms in total. The molecule has 2 rings (SSSR count). The van der Waals surface area contributed by atoms with Crippen LogP contribution < -0.4 is 5.32 Å². The van der Waals surface area contributed by atoms with Crippen molar-refractivity contribution in [2.24, 2.45) is 0 Å². The zero-order valence-corrected chi connectivity index (χ0v) is 13.5. The Hall–Kier alpha value is -2.09. The van der Waals surface area contributed by atoms with Crippen molar-refractivity contribution in [2.75, 3.05) is 5.32 Å². The van der Waals surface area contributed by atoms with Crippen molar-refractivity contribution in [1.82, 2.24) is 0 Å². The van der Waals surface area contributed by atoms with Gasteiger partial charge in [0.1, 0.15) is 0 Å². The molecule has 2 aromatic carbocycles. The molecule has 0 saturated carbocycles. The van der Waals surface area contributed by atoms with Crippen molar-refractivity contribution < 1.29 is 4.79 Å². The summed E-state index contributed by atoms with van der Waals surface area (Å²) >= 11 is 0. The van der Waals surface area contributed by atoms with E-state index < -0.39 is 0 Å². The lowest BCUT2D eigenvalue weighted by Crippen LogP contribution is -2.13. The van der Waals surface area contributed by atoms with Crippen LogP contribution in [0.4, 0.5) is 5.69 Å². The molecule has 1 N–H and O–H groups in total. The molecule has 0 radical (unpaired) electrons. The van der Waals surface area contributed by atoms with E-state index in [0.717, 1.165) is 24.9 Å². The molecule has 0 fully saturated rings. The van der Waals surface area contributed by atoms with E-state index in [1.165, 1.54) is 11.1 Å². The smallest absolute Gasteiger partial charge is 0.224 e. The number of para-hydroxylation sites is 1. The lowest BCUT2D eigenvalue weighted by molar-refractivity contribution is -0.116. The van der Waals surface area contributed by atoms with E-state index in [1.54, 1.807) is 0 Å². The number of aryl methyl sites for hydroxylation is 1. The van der Waals surface area contributed by atoms with E-state index in [9.17, 15) is 4.79 Å². The fourth-order valence-electron chi connectivity index (χ4n) is 2.57. The summed E-state index contributed by atoms with van der Waals surface area (Å²) in [5, 5.41) is 3.07. The van der Waals surface area contributed by atoms with Crippen molar-refractivity contribution in [2.45, 2.75) is 45.4 Å². The molecule has 0 aliphatic heterocycles. The normalized spacial score (nSPS) is 11.9. The Labute approximate surface area is 133 Å². The highest BCUT2D eigenvalue weighted by Crippen LogP contribution is 2.26. The lowest BCUT2D eigenvalue weighted by atomic mass is 9.97. The van der Waals surface area contributed by atoms with Gasteiger partial charge in [-0.2, -0.15) is 0 Å². The Morgan fingerprint density at radius 2 is 1.73 bits per heavy atom. The third-order valence-electron chi connectivity index (χ3n) is 4.09. The summed E-state index contributed by atoms with van der Waals surface area (Å²) in [4.78, 5) is 12.2. The highest BCUT2D eigenvalue weighted by molar-refractivity contribution is 5.91. The van der Waals surface area contributed by atoms with Crippen LogP contribution in [0, 0.1) is 0 Å². The topological polar surface area (TPSA) is 29.1 Å². The molecular weight excluding hydrogens is 270 g/mol. The summed E-state index contributed by atoms with van der Waals surface area (Å²) in [6.07, 6.45) is 3.45. The highest BCUT2D eigenvalue weighted by atomic mass is 16.1. The molecular formula is C20H25NO. The van der Waals surface area contributed by atoms with E-state index in [4.69, 9.17) is 0 Å². The molecule has 0 aliphatic rings. The number of benzene rings is 2. The zero-order valence-electron chi connectivity index (χ0n) is 13.5. The van der Waals surface area contributed by atoms with Crippen molar-refractivity contribution in [3.63, 3.8) is 0 Å². The number of hydrogen-bond donors (Lipinski definition) is 1. The summed E-state index contributed by atoms with van der Waals surface area (Å²) in [5.74, 6) is 0.563. The van der Waals surface area contributed by atoms with Gasteiger partial charge in [-0.15, -0.1) is 0 Å². The summed E-state index contributed by atoms with van der Waals surface area (Å²) in [6, 6.07) is 18.4. The molecule has 116 valence electrons. The molecule has 0 aliphatic carbocycles. The largest absolute Gasteiger partial charge is 0.326 e. The number of amides is 1. The first kappa shape index (κ1) is 16.3. The minimum absolute atomic E-state index is 0.103. The average Bonchev–Trinajstić information content (AvgIpc) is 2.55. The van der Waals surface area contributed by atoms with Gasteiger partial charge in [0.2, 0.25) is 5.91 Å². The van der Waals surface area contributed by atoms with Crippen molar-refractivity contribution in [3.05, 3.63) is 65.7 Å². The van der Waals surface area contributed by atoms with Gasteiger partial charge < -0.3 is 5.32 Å². The van der Waals surface area contributed by atoms with Gasteiger partial charge in [-0.05, 0) is 42.4 Å².